The van der Waals surface area contributed by atoms with Gasteiger partial charge in [0, 0.05) is 55.9 Å². The van der Waals surface area contributed by atoms with E-state index in [-0.39, 0.29) is 0 Å². The van der Waals surface area contributed by atoms with Gasteiger partial charge in [0.25, 0.3) is 0 Å². The van der Waals surface area contributed by atoms with Crippen molar-refractivity contribution in [1.82, 2.24) is 31.2 Å². The first-order valence-corrected chi connectivity index (χ1v) is 16.4. The van der Waals surface area contributed by atoms with Crippen molar-refractivity contribution in [2.24, 2.45) is 0 Å². The number of rotatable bonds is 6. The Hall–Kier alpha value is -5.12. The normalized spacial score (nSPS) is 29.0. The van der Waals surface area contributed by atoms with Crippen LogP contribution in [0.4, 0.5) is 0 Å². The smallest absolute Gasteiger partial charge is 0.250 e. The summed E-state index contributed by atoms with van der Waals surface area (Å²) in [6.07, 6.45) is 3.68. The summed E-state index contributed by atoms with van der Waals surface area (Å²) in [5.74, 6) is -3.66. The molecule has 2 saturated heterocycles. The number of nitrogens with one attached hydrogen (secondary N) is 6. The van der Waals surface area contributed by atoms with Crippen molar-refractivity contribution >= 4 is 45.4 Å². The number of hydrogen-bond acceptors (Lipinski definition) is 4. The van der Waals surface area contributed by atoms with Gasteiger partial charge in [0.1, 0.15) is 12.1 Å². The fraction of sp³-hybridized carbons (Fsp3) is 0.368. The van der Waals surface area contributed by atoms with Gasteiger partial charge in [0.05, 0.1) is 0 Å². The molecule has 4 heterocycles. The number of carbonyl (C=O) groups excluding carboxylic acids is 4. The molecule has 2 aliphatic heterocycles. The van der Waals surface area contributed by atoms with Crippen LogP contribution in [0.1, 0.15) is 75.9 Å². The van der Waals surface area contributed by atoms with Gasteiger partial charge in [-0.1, -0.05) is 76.2 Å². The summed E-state index contributed by atoms with van der Waals surface area (Å²) < 4.78 is 0. The molecule has 1 aliphatic carbocycles. The molecule has 3 aliphatic rings. The molecular weight excluding hydrogens is 604 g/mol. The van der Waals surface area contributed by atoms with Crippen LogP contribution in [0.2, 0.25) is 0 Å². The van der Waals surface area contributed by atoms with Crippen molar-refractivity contribution in [3.8, 4) is 0 Å². The third-order valence-electron chi connectivity index (χ3n) is 11.2. The maximum atomic E-state index is 14.8. The van der Waals surface area contributed by atoms with Gasteiger partial charge in [0.15, 0.2) is 11.1 Å². The molecule has 10 heteroatoms. The van der Waals surface area contributed by atoms with Crippen LogP contribution in [0, 0.1) is 0 Å². The average Bonchev–Trinajstić information content (AvgIpc) is 3.63. The van der Waals surface area contributed by atoms with E-state index in [1.54, 1.807) is 13.8 Å². The van der Waals surface area contributed by atoms with Crippen molar-refractivity contribution in [2.45, 2.75) is 87.4 Å². The van der Waals surface area contributed by atoms with E-state index in [1.807, 2.05) is 88.4 Å². The van der Waals surface area contributed by atoms with Gasteiger partial charge in [-0.2, -0.15) is 0 Å². The molecule has 4 amide bonds. The second kappa shape index (κ2) is 10.2. The van der Waals surface area contributed by atoms with E-state index in [4.69, 9.17) is 0 Å². The van der Waals surface area contributed by atoms with Gasteiger partial charge in [-0.05, 0) is 37.1 Å². The summed E-state index contributed by atoms with van der Waals surface area (Å²) in [4.78, 5) is 64.5. The number of para-hydroxylation sites is 2. The van der Waals surface area contributed by atoms with Gasteiger partial charge in [0.2, 0.25) is 23.6 Å². The van der Waals surface area contributed by atoms with E-state index in [9.17, 15) is 19.2 Å². The summed E-state index contributed by atoms with van der Waals surface area (Å²) in [5.41, 5.74) is -0.276. The highest BCUT2D eigenvalue weighted by atomic mass is 16.2. The average molecular weight is 647 g/mol. The minimum absolute atomic E-state index is 0.451. The fourth-order valence-corrected chi connectivity index (χ4v) is 8.32. The zero-order valence-electron chi connectivity index (χ0n) is 28.1. The SMILES string of the molecule is C=CC(C)(C)c1[nH]c2ccccc2c1[C@H]1[C@H](c2c(C(C)(C)C=C)[nH]c3ccccc23)[C@]2(NC(=O)[C@H](C)NC2=O)[C@@]12NC(=O)[C@H](C)NC2=O. The van der Waals surface area contributed by atoms with Crippen molar-refractivity contribution < 1.29 is 19.2 Å². The number of allylic oxidation sites excluding steroid dienone is 2. The molecule has 248 valence electrons. The molecule has 7 rings (SSSR count). The number of fused-ring (bicyclic) bond motifs is 3. The molecule has 0 unspecified atom stereocenters. The van der Waals surface area contributed by atoms with Gasteiger partial charge in [-0.3, -0.25) is 19.2 Å². The number of carbonyl (C=O) groups is 4. The molecule has 2 spiro atoms. The molecule has 1 saturated carbocycles. The van der Waals surface area contributed by atoms with Crippen LogP contribution in [0.5, 0.6) is 0 Å². The molecule has 4 aromatic rings. The lowest BCUT2D eigenvalue weighted by Crippen LogP contribution is -2.96. The summed E-state index contributed by atoms with van der Waals surface area (Å²) >= 11 is 0. The molecule has 6 atom stereocenters. The Kier molecular flexibility index (Phi) is 6.68. The second-order valence-electron chi connectivity index (χ2n) is 14.7. The second-order valence-corrected chi connectivity index (χ2v) is 14.7. The molecule has 48 heavy (non-hydrogen) atoms. The Morgan fingerprint density at radius 2 is 0.979 bits per heavy atom. The molecule has 6 N–H and O–H groups in total. The molecule has 0 bridgehead atoms. The zero-order chi connectivity index (χ0) is 34.6. The lowest BCUT2D eigenvalue weighted by molar-refractivity contribution is -0.172. The minimum atomic E-state index is -1.91. The van der Waals surface area contributed by atoms with Gasteiger partial charge < -0.3 is 31.2 Å². The standard InChI is InChI=1S/C38H42N6O4/c1-9-35(5,6)29-25(21-15-11-13-17-23(21)41-29)27-28(26-22-16-12-14-18-24(22)42-30(26)36(7,8)10-2)38(34(48)40-20(4)32(46)44-38)37(27)33(47)39-19(3)31(45)43-37/h9-20,27-28,41-42H,1-2H2,3-8H3,(H,39,47)(H,40,48)(H,43,45)(H,44,46)/t19-,20-,27-,28-,37+,38+/m0/s1. The molecule has 10 nitrogen and oxygen atoms in total. The van der Waals surface area contributed by atoms with Crippen molar-refractivity contribution in [2.75, 3.05) is 0 Å². The topological polar surface area (TPSA) is 148 Å². The summed E-state index contributed by atoms with van der Waals surface area (Å²) in [5, 5.41) is 13.6. The van der Waals surface area contributed by atoms with Gasteiger partial charge >= 0.3 is 0 Å². The van der Waals surface area contributed by atoms with Crippen LogP contribution >= 0.6 is 0 Å². The number of aromatic amines is 2. The first-order chi connectivity index (χ1) is 22.7. The molecule has 3 fully saturated rings. The molecule has 2 aromatic carbocycles. The van der Waals surface area contributed by atoms with E-state index >= 15 is 0 Å². The van der Waals surface area contributed by atoms with Gasteiger partial charge in [-0.25, -0.2) is 0 Å². The van der Waals surface area contributed by atoms with Crippen molar-refractivity contribution in [3.63, 3.8) is 0 Å². The highest BCUT2D eigenvalue weighted by Crippen LogP contribution is 2.67. The van der Waals surface area contributed by atoms with E-state index < -0.39 is 69.5 Å². The number of amides is 4. The third kappa shape index (κ3) is 3.85. The van der Waals surface area contributed by atoms with E-state index in [2.05, 4.69) is 44.4 Å². The van der Waals surface area contributed by atoms with E-state index in [0.717, 1.165) is 44.3 Å². The minimum Gasteiger partial charge on any atom is -0.357 e. The van der Waals surface area contributed by atoms with E-state index in [1.165, 1.54) is 0 Å². The zero-order valence-corrected chi connectivity index (χ0v) is 28.1. The number of benzene rings is 2. The lowest BCUT2D eigenvalue weighted by Gasteiger charge is -2.69. The summed E-state index contributed by atoms with van der Waals surface area (Å²) in [6, 6.07) is 13.9. The first kappa shape index (κ1) is 31.5. The van der Waals surface area contributed by atoms with Crippen LogP contribution in [-0.2, 0) is 30.0 Å². The molecule has 0 radical (unpaired) electrons. The Balaban J connectivity index is 1.68. The summed E-state index contributed by atoms with van der Waals surface area (Å²) in [6.45, 7) is 19.6. The maximum Gasteiger partial charge on any atom is 0.250 e. The van der Waals surface area contributed by atoms with Crippen LogP contribution in [0.25, 0.3) is 21.8 Å². The predicted molar refractivity (Wildman–Crippen MR) is 185 cm³/mol. The van der Waals surface area contributed by atoms with Crippen LogP contribution in [0.3, 0.4) is 0 Å². The Labute approximate surface area is 279 Å². The maximum absolute atomic E-state index is 14.8. The first-order valence-electron chi connectivity index (χ1n) is 16.4. The quantitative estimate of drug-likeness (QED) is 0.174. The number of H-pyrrole nitrogens is 2. The van der Waals surface area contributed by atoms with Gasteiger partial charge in [-0.15, -0.1) is 13.2 Å². The molecule has 2 aromatic heterocycles. The highest BCUT2D eigenvalue weighted by molar-refractivity contribution is 6.15. The summed E-state index contributed by atoms with van der Waals surface area (Å²) in [7, 11) is 0. The number of aromatic nitrogens is 2. The highest BCUT2D eigenvalue weighted by Gasteiger charge is 2.83. The lowest BCUT2D eigenvalue weighted by atomic mass is 9.40. The third-order valence-corrected chi connectivity index (χ3v) is 11.2. The van der Waals surface area contributed by atoms with E-state index in [0.29, 0.717) is 0 Å². The Morgan fingerprint density at radius 1 is 0.625 bits per heavy atom. The van der Waals surface area contributed by atoms with Crippen LogP contribution in [0.15, 0.2) is 73.8 Å². The Bertz CT molecular complexity index is 1940. The number of hydrogen-bond donors (Lipinski definition) is 6. The fourth-order valence-electron chi connectivity index (χ4n) is 8.32. The van der Waals surface area contributed by atoms with Crippen molar-refractivity contribution in [1.29, 1.82) is 0 Å². The predicted octanol–water partition coefficient (Wildman–Crippen LogP) is 4.20. The number of piperazine rings is 2. The van der Waals surface area contributed by atoms with Crippen molar-refractivity contribution in [3.05, 3.63) is 96.4 Å². The monoisotopic (exact) mass is 646 g/mol. The Morgan fingerprint density at radius 3 is 1.33 bits per heavy atom. The largest absolute Gasteiger partial charge is 0.357 e. The van der Waals surface area contributed by atoms with Crippen LogP contribution < -0.4 is 21.3 Å². The molecular formula is C38H42N6O4. The van der Waals surface area contributed by atoms with Crippen LogP contribution in [-0.4, -0.2) is 56.8 Å².